The van der Waals surface area contributed by atoms with Crippen LogP contribution in [-0.4, -0.2) is 25.9 Å². The molecule has 6 nitrogen and oxygen atoms in total. The van der Waals surface area contributed by atoms with Gasteiger partial charge in [0, 0.05) is 5.69 Å². The summed E-state index contributed by atoms with van der Waals surface area (Å²) < 4.78 is 1.94. The second kappa shape index (κ2) is 6.80. The molecule has 0 aliphatic rings. The Balaban J connectivity index is 2.14. The summed E-state index contributed by atoms with van der Waals surface area (Å²) in [6.07, 6.45) is 2.81. The van der Waals surface area contributed by atoms with Gasteiger partial charge in [0.05, 0.1) is 6.04 Å². The monoisotopic (exact) mass is 307 g/mol. The quantitative estimate of drug-likeness (QED) is 0.889. The Kier molecular flexibility index (Phi) is 5.06. The number of hydrogen-bond donors (Lipinski definition) is 1. The smallest absolute Gasteiger partial charge is 0.277 e. The van der Waals surface area contributed by atoms with Crippen molar-refractivity contribution in [2.24, 2.45) is 0 Å². The van der Waals surface area contributed by atoms with E-state index in [1.54, 1.807) is 0 Å². The van der Waals surface area contributed by atoms with Crippen molar-refractivity contribution < 1.29 is 4.79 Å². The summed E-state index contributed by atoms with van der Waals surface area (Å²) in [4.78, 5) is 12.2. The zero-order valence-corrected chi connectivity index (χ0v) is 13.7. The maximum absolute atomic E-state index is 12.2. The Morgan fingerprint density at radius 2 is 2.05 bits per heavy atom. The van der Waals surface area contributed by atoms with Crippen LogP contribution in [0.1, 0.15) is 60.8 Å². The standard InChI is InChI=1S/C14H21N5OS/c1-5-10(6-2)19-9(4)8-11(18-19)13(20)15-14-17-16-12(7-3)21-14/h8,10H,5-7H2,1-4H3,(H,15,17,20). The average Bonchev–Trinajstić information content (AvgIpc) is 3.08. The molecule has 0 saturated carbocycles. The molecule has 1 N–H and O–H groups in total. The Hall–Kier alpha value is -1.76. The molecule has 1 amide bonds. The van der Waals surface area contributed by atoms with Crippen LogP contribution in [0.15, 0.2) is 6.07 Å². The predicted octanol–water partition coefficient (Wildman–Crippen LogP) is 3.22. The highest BCUT2D eigenvalue weighted by atomic mass is 32.1. The van der Waals surface area contributed by atoms with Gasteiger partial charge in [-0.15, -0.1) is 10.2 Å². The van der Waals surface area contributed by atoms with Gasteiger partial charge in [0.1, 0.15) is 5.01 Å². The molecule has 0 aromatic carbocycles. The van der Waals surface area contributed by atoms with E-state index in [1.165, 1.54) is 11.3 Å². The molecule has 0 saturated heterocycles. The molecule has 114 valence electrons. The van der Waals surface area contributed by atoms with Crippen molar-refractivity contribution in [3.8, 4) is 0 Å². The lowest BCUT2D eigenvalue weighted by atomic mass is 10.2. The van der Waals surface area contributed by atoms with Gasteiger partial charge in [-0.05, 0) is 32.3 Å². The second-order valence-corrected chi connectivity index (χ2v) is 5.96. The molecule has 0 bridgehead atoms. The van der Waals surface area contributed by atoms with E-state index < -0.39 is 0 Å². The molecule has 0 unspecified atom stereocenters. The van der Waals surface area contributed by atoms with Crippen molar-refractivity contribution >= 4 is 22.4 Å². The van der Waals surface area contributed by atoms with E-state index in [0.717, 1.165) is 30.0 Å². The number of rotatable bonds is 6. The Morgan fingerprint density at radius 3 is 2.62 bits per heavy atom. The summed E-state index contributed by atoms with van der Waals surface area (Å²) in [5.74, 6) is -0.235. The summed E-state index contributed by atoms with van der Waals surface area (Å²) in [6.45, 7) is 8.24. The fraction of sp³-hybridized carbons (Fsp3) is 0.571. The minimum Gasteiger partial charge on any atom is -0.295 e. The highest BCUT2D eigenvalue weighted by Crippen LogP contribution is 2.19. The van der Waals surface area contributed by atoms with Crippen LogP contribution in [-0.2, 0) is 6.42 Å². The van der Waals surface area contributed by atoms with E-state index in [9.17, 15) is 4.79 Å². The minimum atomic E-state index is -0.235. The zero-order chi connectivity index (χ0) is 15.4. The van der Waals surface area contributed by atoms with Gasteiger partial charge in [-0.1, -0.05) is 32.1 Å². The molecule has 0 atom stereocenters. The summed E-state index contributed by atoms with van der Waals surface area (Å²) in [7, 11) is 0. The van der Waals surface area contributed by atoms with Crippen LogP contribution in [0.25, 0.3) is 0 Å². The van der Waals surface area contributed by atoms with Crippen molar-refractivity contribution in [2.75, 3.05) is 5.32 Å². The highest BCUT2D eigenvalue weighted by Gasteiger charge is 2.17. The van der Waals surface area contributed by atoms with Crippen molar-refractivity contribution in [3.05, 3.63) is 22.5 Å². The summed E-state index contributed by atoms with van der Waals surface area (Å²) >= 11 is 1.39. The molecule has 2 aromatic heterocycles. The third-order valence-corrected chi connectivity index (χ3v) is 4.42. The van der Waals surface area contributed by atoms with Gasteiger partial charge >= 0.3 is 0 Å². The fourth-order valence-corrected chi connectivity index (χ4v) is 2.89. The highest BCUT2D eigenvalue weighted by molar-refractivity contribution is 7.15. The molecule has 2 heterocycles. The maximum atomic E-state index is 12.2. The molecular weight excluding hydrogens is 286 g/mol. The van der Waals surface area contributed by atoms with Crippen molar-refractivity contribution in [3.63, 3.8) is 0 Å². The van der Waals surface area contributed by atoms with Gasteiger partial charge in [0.25, 0.3) is 5.91 Å². The van der Waals surface area contributed by atoms with E-state index in [4.69, 9.17) is 0 Å². The second-order valence-electron chi connectivity index (χ2n) is 4.89. The molecule has 0 aliphatic heterocycles. The topological polar surface area (TPSA) is 72.7 Å². The number of carbonyl (C=O) groups is 1. The Morgan fingerprint density at radius 1 is 1.33 bits per heavy atom. The van der Waals surface area contributed by atoms with Crippen LogP contribution in [0.2, 0.25) is 0 Å². The lowest BCUT2D eigenvalue weighted by molar-refractivity contribution is 0.102. The van der Waals surface area contributed by atoms with Gasteiger partial charge in [0.15, 0.2) is 5.69 Å². The first kappa shape index (κ1) is 15.6. The average molecular weight is 307 g/mol. The summed E-state index contributed by atoms with van der Waals surface area (Å²) in [5, 5.41) is 16.6. The van der Waals surface area contributed by atoms with Crippen LogP contribution < -0.4 is 5.32 Å². The van der Waals surface area contributed by atoms with Gasteiger partial charge in [0.2, 0.25) is 5.13 Å². The van der Waals surface area contributed by atoms with Crippen molar-refractivity contribution in [1.29, 1.82) is 0 Å². The first-order chi connectivity index (χ1) is 10.1. The number of carbonyl (C=O) groups excluding carboxylic acids is 1. The van der Waals surface area contributed by atoms with Gasteiger partial charge in [-0.3, -0.25) is 14.8 Å². The summed E-state index contributed by atoms with van der Waals surface area (Å²) in [6, 6.07) is 2.15. The van der Waals surface area contributed by atoms with E-state index in [-0.39, 0.29) is 5.91 Å². The van der Waals surface area contributed by atoms with Crippen molar-refractivity contribution in [2.45, 2.75) is 53.0 Å². The van der Waals surface area contributed by atoms with Crippen LogP contribution in [0.3, 0.4) is 0 Å². The van der Waals surface area contributed by atoms with Crippen LogP contribution in [0, 0.1) is 6.92 Å². The molecule has 21 heavy (non-hydrogen) atoms. The molecule has 0 spiro atoms. The Labute approximate surface area is 128 Å². The molecule has 0 aliphatic carbocycles. The number of aryl methyl sites for hydroxylation is 2. The van der Waals surface area contributed by atoms with Crippen LogP contribution in [0.4, 0.5) is 5.13 Å². The number of hydrogen-bond acceptors (Lipinski definition) is 5. The molecule has 0 fully saturated rings. The Bertz CT molecular complexity index is 615. The van der Waals surface area contributed by atoms with Gasteiger partial charge in [-0.25, -0.2) is 0 Å². The lowest BCUT2D eigenvalue weighted by Crippen LogP contribution is -2.15. The first-order valence-corrected chi connectivity index (χ1v) is 8.10. The largest absolute Gasteiger partial charge is 0.295 e. The van der Waals surface area contributed by atoms with Crippen LogP contribution in [0.5, 0.6) is 0 Å². The van der Waals surface area contributed by atoms with Crippen LogP contribution >= 0.6 is 11.3 Å². The fourth-order valence-electron chi connectivity index (χ4n) is 2.21. The third-order valence-electron chi connectivity index (χ3n) is 3.43. The summed E-state index contributed by atoms with van der Waals surface area (Å²) in [5.41, 5.74) is 1.42. The number of nitrogens with one attached hydrogen (secondary N) is 1. The normalized spacial score (nSPS) is 11.1. The van der Waals surface area contributed by atoms with Gasteiger partial charge in [-0.2, -0.15) is 5.10 Å². The molecule has 7 heteroatoms. The minimum absolute atomic E-state index is 0.235. The zero-order valence-electron chi connectivity index (χ0n) is 12.9. The lowest BCUT2D eigenvalue weighted by Gasteiger charge is -2.14. The van der Waals surface area contributed by atoms with E-state index >= 15 is 0 Å². The van der Waals surface area contributed by atoms with E-state index in [2.05, 4.69) is 34.5 Å². The number of amides is 1. The number of anilines is 1. The number of aromatic nitrogens is 4. The predicted molar refractivity (Wildman–Crippen MR) is 83.8 cm³/mol. The molecule has 2 aromatic rings. The van der Waals surface area contributed by atoms with Crippen molar-refractivity contribution in [1.82, 2.24) is 20.0 Å². The molecule has 0 radical (unpaired) electrons. The van der Waals surface area contributed by atoms with Gasteiger partial charge < -0.3 is 0 Å². The third kappa shape index (κ3) is 3.47. The SMILES string of the molecule is CCc1nnc(NC(=O)c2cc(C)n(C(CC)CC)n2)s1. The van der Waals surface area contributed by atoms with E-state index in [1.807, 2.05) is 24.6 Å². The number of nitrogens with zero attached hydrogens (tertiary/aromatic N) is 4. The first-order valence-electron chi connectivity index (χ1n) is 7.28. The molecule has 2 rings (SSSR count). The van der Waals surface area contributed by atoms with E-state index in [0.29, 0.717) is 16.9 Å². The maximum Gasteiger partial charge on any atom is 0.277 e. The molecular formula is C14H21N5OS.